The molecule has 2 aromatic heterocycles. The molecule has 1 aromatic carbocycles. The lowest BCUT2D eigenvalue weighted by Gasteiger charge is -2.36. The van der Waals surface area contributed by atoms with Crippen LogP contribution < -0.4 is 10.9 Å². The Hall–Kier alpha value is -2.76. The lowest BCUT2D eigenvalue weighted by atomic mass is 9.79. The fraction of sp³-hybridized carbons (Fsp3) is 0.409. The highest BCUT2D eigenvalue weighted by molar-refractivity contribution is 7.97. The molecule has 7 nitrogen and oxygen atoms in total. The third-order valence-electron chi connectivity index (χ3n) is 5.65. The van der Waals surface area contributed by atoms with E-state index in [9.17, 15) is 10.1 Å². The molecule has 0 saturated heterocycles. The van der Waals surface area contributed by atoms with Gasteiger partial charge in [0.25, 0.3) is 5.56 Å². The number of rotatable bonds is 6. The van der Waals surface area contributed by atoms with Crippen molar-refractivity contribution in [3.63, 3.8) is 0 Å². The average Bonchev–Trinajstić information content (AvgIpc) is 3.10. The van der Waals surface area contributed by atoms with Gasteiger partial charge in [-0.25, -0.2) is 0 Å². The molecule has 0 spiro atoms. The first-order valence-electron chi connectivity index (χ1n) is 10.2. The number of fused-ring (bicyclic) bond motifs is 1. The number of hydrogen-bond donors (Lipinski definition) is 2. The van der Waals surface area contributed by atoms with Crippen LogP contribution >= 0.6 is 11.9 Å². The van der Waals surface area contributed by atoms with E-state index in [1.54, 1.807) is 18.1 Å². The van der Waals surface area contributed by atoms with Crippen LogP contribution in [0.3, 0.4) is 0 Å². The standard InChI is InChI=1S/C22H26N6OS/c1-27(2)30-17-8-6-16(7-9-17)25-20-19-18(10-15-24-21(19)29)28(26-20)22(13-14-23)11-4-3-5-12-22/h6-10,15H,3-5,11-13H2,1-2H3,(H,24,29)(H,25,26). The summed E-state index contributed by atoms with van der Waals surface area (Å²) in [5.41, 5.74) is 1.11. The molecule has 2 heterocycles. The molecule has 8 heteroatoms. The molecule has 0 unspecified atom stereocenters. The minimum absolute atomic E-state index is 0.177. The van der Waals surface area contributed by atoms with Gasteiger partial charge in [0.2, 0.25) is 0 Å². The van der Waals surface area contributed by atoms with Crippen molar-refractivity contribution in [1.29, 1.82) is 5.26 Å². The summed E-state index contributed by atoms with van der Waals surface area (Å²) in [7, 11) is 4.01. The highest BCUT2D eigenvalue weighted by Gasteiger charge is 2.37. The Morgan fingerprint density at radius 3 is 2.63 bits per heavy atom. The van der Waals surface area contributed by atoms with Crippen molar-refractivity contribution in [3.05, 3.63) is 46.9 Å². The van der Waals surface area contributed by atoms with Crippen LogP contribution in [0.2, 0.25) is 0 Å². The number of anilines is 2. The van der Waals surface area contributed by atoms with Gasteiger partial charge >= 0.3 is 0 Å². The molecule has 0 amide bonds. The first-order chi connectivity index (χ1) is 14.5. The Bertz CT molecular complexity index is 1120. The number of hydrogen-bond acceptors (Lipinski definition) is 6. The zero-order valence-electron chi connectivity index (χ0n) is 17.3. The Balaban J connectivity index is 1.76. The molecular formula is C22H26N6OS. The van der Waals surface area contributed by atoms with E-state index >= 15 is 0 Å². The molecule has 2 N–H and O–H groups in total. The molecule has 4 rings (SSSR count). The Morgan fingerprint density at radius 1 is 1.23 bits per heavy atom. The predicted molar refractivity (Wildman–Crippen MR) is 121 cm³/mol. The second-order valence-corrected chi connectivity index (χ2v) is 9.38. The summed E-state index contributed by atoms with van der Waals surface area (Å²) in [4.78, 5) is 16.6. The lowest BCUT2D eigenvalue weighted by Crippen LogP contribution is -2.36. The normalized spacial score (nSPS) is 15.9. The average molecular weight is 423 g/mol. The van der Waals surface area contributed by atoms with E-state index in [0.717, 1.165) is 41.8 Å². The monoisotopic (exact) mass is 422 g/mol. The highest BCUT2D eigenvalue weighted by Crippen LogP contribution is 2.40. The minimum atomic E-state index is -0.356. The molecule has 0 atom stereocenters. The maximum Gasteiger partial charge on any atom is 0.261 e. The van der Waals surface area contributed by atoms with Crippen LogP contribution in [-0.2, 0) is 5.54 Å². The van der Waals surface area contributed by atoms with Crippen LogP contribution in [0.5, 0.6) is 0 Å². The molecule has 1 aliphatic carbocycles. The second kappa shape index (κ2) is 8.54. The quantitative estimate of drug-likeness (QED) is 0.564. The number of nitriles is 1. The van der Waals surface area contributed by atoms with Gasteiger partial charge < -0.3 is 10.3 Å². The fourth-order valence-corrected chi connectivity index (χ4v) is 4.97. The molecule has 0 bridgehead atoms. The first kappa shape index (κ1) is 20.5. The molecule has 156 valence electrons. The number of aromatic nitrogens is 3. The van der Waals surface area contributed by atoms with Crippen LogP contribution in [0, 0.1) is 11.3 Å². The summed E-state index contributed by atoms with van der Waals surface area (Å²) in [6.07, 6.45) is 7.17. The smallest absolute Gasteiger partial charge is 0.261 e. The summed E-state index contributed by atoms with van der Waals surface area (Å²) in [6.45, 7) is 0. The van der Waals surface area contributed by atoms with Crippen LogP contribution in [0.4, 0.5) is 11.5 Å². The van der Waals surface area contributed by atoms with E-state index in [1.807, 2.05) is 53.4 Å². The van der Waals surface area contributed by atoms with E-state index < -0.39 is 0 Å². The van der Waals surface area contributed by atoms with Gasteiger partial charge in [0.1, 0.15) is 5.39 Å². The molecule has 1 fully saturated rings. The lowest BCUT2D eigenvalue weighted by molar-refractivity contribution is 0.185. The van der Waals surface area contributed by atoms with E-state index in [2.05, 4.69) is 16.4 Å². The third kappa shape index (κ3) is 3.95. The summed E-state index contributed by atoms with van der Waals surface area (Å²) in [5.74, 6) is 0.530. The van der Waals surface area contributed by atoms with Crippen LogP contribution in [0.15, 0.2) is 46.2 Å². The Morgan fingerprint density at radius 2 is 1.97 bits per heavy atom. The van der Waals surface area contributed by atoms with Gasteiger partial charge in [0.15, 0.2) is 5.82 Å². The largest absolute Gasteiger partial charge is 0.338 e. The second-order valence-electron chi connectivity index (χ2n) is 8.00. The van der Waals surface area contributed by atoms with Gasteiger partial charge in [-0.05, 0) is 69.2 Å². The number of aromatic amines is 1. The van der Waals surface area contributed by atoms with Crippen molar-refractivity contribution in [1.82, 2.24) is 19.1 Å². The zero-order valence-corrected chi connectivity index (χ0v) is 18.1. The Kier molecular flexibility index (Phi) is 5.84. The molecule has 0 radical (unpaired) electrons. The van der Waals surface area contributed by atoms with Gasteiger partial charge in [-0.1, -0.05) is 19.3 Å². The van der Waals surface area contributed by atoms with Gasteiger partial charge in [-0.2, -0.15) is 10.4 Å². The fourth-order valence-electron chi connectivity index (χ4n) is 4.29. The predicted octanol–water partition coefficient (Wildman–Crippen LogP) is 4.61. The molecular weight excluding hydrogens is 396 g/mol. The number of nitrogens with zero attached hydrogens (tertiary/aromatic N) is 4. The molecule has 1 aliphatic rings. The number of pyridine rings is 1. The van der Waals surface area contributed by atoms with E-state index in [4.69, 9.17) is 5.10 Å². The molecule has 0 aliphatic heterocycles. The van der Waals surface area contributed by atoms with Gasteiger partial charge in [-0.3, -0.25) is 13.8 Å². The van der Waals surface area contributed by atoms with Crippen molar-refractivity contribution in [2.24, 2.45) is 0 Å². The summed E-state index contributed by atoms with van der Waals surface area (Å²) in [6, 6.07) is 12.3. The summed E-state index contributed by atoms with van der Waals surface area (Å²) >= 11 is 1.65. The maximum absolute atomic E-state index is 12.7. The summed E-state index contributed by atoms with van der Waals surface area (Å²) < 4.78 is 3.98. The van der Waals surface area contributed by atoms with Crippen molar-refractivity contribution in [2.45, 2.75) is 49.0 Å². The highest BCUT2D eigenvalue weighted by atomic mass is 32.2. The van der Waals surface area contributed by atoms with Crippen LogP contribution in [0.1, 0.15) is 38.5 Å². The van der Waals surface area contributed by atoms with Gasteiger partial charge in [-0.15, -0.1) is 0 Å². The van der Waals surface area contributed by atoms with Crippen LogP contribution in [0.25, 0.3) is 10.9 Å². The van der Waals surface area contributed by atoms with Crippen molar-refractivity contribution in [3.8, 4) is 6.07 Å². The SMILES string of the molecule is CN(C)Sc1ccc(Nc2nn(C3(CC#N)CCCCC3)c3cc[nH]c(=O)c23)cc1. The van der Waals surface area contributed by atoms with E-state index in [-0.39, 0.29) is 11.1 Å². The van der Waals surface area contributed by atoms with Crippen molar-refractivity contribution < 1.29 is 0 Å². The zero-order chi connectivity index (χ0) is 21.1. The molecule has 3 aromatic rings. The number of H-pyrrole nitrogens is 1. The minimum Gasteiger partial charge on any atom is -0.338 e. The maximum atomic E-state index is 12.7. The van der Waals surface area contributed by atoms with E-state index in [1.165, 1.54) is 6.42 Å². The molecule has 30 heavy (non-hydrogen) atoms. The third-order valence-corrected chi connectivity index (χ3v) is 6.50. The number of nitrogens with one attached hydrogen (secondary N) is 2. The van der Waals surface area contributed by atoms with E-state index in [0.29, 0.717) is 17.6 Å². The molecule has 1 saturated carbocycles. The Labute approximate surface area is 180 Å². The van der Waals surface area contributed by atoms with Gasteiger partial charge in [0.05, 0.1) is 23.5 Å². The topological polar surface area (TPSA) is 89.7 Å². The first-order valence-corrected chi connectivity index (χ1v) is 11.0. The van der Waals surface area contributed by atoms with Crippen LogP contribution in [-0.4, -0.2) is 33.2 Å². The summed E-state index contributed by atoms with van der Waals surface area (Å²) in [5, 5.41) is 18.2. The van der Waals surface area contributed by atoms with Crippen molar-refractivity contribution >= 4 is 34.4 Å². The number of benzene rings is 1. The van der Waals surface area contributed by atoms with Gasteiger partial charge in [0, 0.05) is 16.8 Å². The van der Waals surface area contributed by atoms with Crippen molar-refractivity contribution in [2.75, 3.05) is 19.4 Å².